The maximum absolute atomic E-state index is 13.4. The minimum atomic E-state index is -3.64. The maximum Gasteiger partial charge on any atom is 0.242 e. The van der Waals surface area contributed by atoms with Crippen LogP contribution in [0.2, 0.25) is 0 Å². The first-order valence-corrected chi connectivity index (χ1v) is 13.5. The SMILES string of the molecule is CC(C(=O)NC1CCCC1)N(Cc1ccc(F)cc1)C(=O)CCCN(C)S(=O)(=O)c1ccccc1. The molecule has 1 aliphatic carbocycles. The molecule has 0 radical (unpaired) electrons. The van der Waals surface area contributed by atoms with Gasteiger partial charge in [0.2, 0.25) is 21.8 Å². The van der Waals surface area contributed by atoms with Crippen molar-refractivity contribution in [1.29, 1.82) is 0 Å². The van der Waals surface area contributed by atoms with E-state index in [1.807, 2.05) is 0 Å². The number of amides is 2. The topological polar surface area (TPSA) is 86.8 Å². The number of hydrogen-bond donors (Lipinski definition) is 1. The van der Waals surface area contributed by atoms with Gasteiger partial charge in [0.15, 0.2) is 0 Å². The van der Waals surface area contributed by atoms with Gasteiger partial charge in [-0.2, -0.15) is 0 Å². The van der Waals surface area contributed by atoms with Crippen molar-refractivity contribution < 1.29 is 22.4 Å². The highest BCUT2D eigenvalue weighted by Gasteiger charge is 2.28. The van der Waals surface area contributed by atoms with Crippen molar-refractivity contribution in [3.8, 4) is 0 Å². The fourth-order valence-corrected chi connectivity index (χ4v) is 5.48. The summed E-state index contributed by atoms with van der Waals surface area (Å²) in [7, 11) is -2.16. The van der Waals surface area contributed by atoms with Crippen molar-refractivity contribution in [2.75, 3.05) is 13.6 Å². The normalized spacial score (nSPS) is 15.2. The number of halogens is 1. The molecule has 2 amide bonds. The molecule has 1 N–H and O–H groups in total. The summed E-state index contributed by atoms with van der Waals surface area (Å²) in [5, 5.41) is 3.04. The highest BCUT2D eigenvalue weighted by atomic mass is 32.2. The van der Waals surface area contributed by atoms with E-state index < -0.39 is 16.1 Å². The molecule has 1 unspecified atom stereocenters. The first-order chi connectivity index (χ1) is 16.7. The second-order valence-corrected chi connectivity index (χ2v) is 11.1. The molecule has 2 aromatic carbocycles. The molecule has 1 saturated carbocycles. The second-order valence-electron chi connectivity index (χ2n) is 9.06. The molecule has 1 fully saturated rings. The lowest BCUT2D eigenvalue weighted by Crippen LogP contribution is -2.49. The summed E-state index contributed by atoms with van der Waals surface area (Å²) in [5.41, 5.74) is 0.712. The smallest absolute Gasteiger partial charge is 0.242 e. The lowest BCUT2D eigenvalue weighted by molar-refractivity contribution is -0.141. The molecule has 0 bridgehead atoms. The van der Waals surface area contributed by atoms with E-state index in [1.54, 1.807) is 37.3 Å². The van der Waals surface area contributed by atoms with Crippen molar-refractivity contribution in [2.24, 2.45) is 0 Å². The minimum Gasteiger partial charge on any atom is -0.352 e. The Labute approximate surface area is 207 Å². The number of carbonyl (C=O) groups is 2. The zero-order valence-electron chi connectivity index (χ0n) is 20.3. The number of nitrogens with zero attached hydrogens (tertiary/aromatic N) is 2. The van der Waals surface area contributed by atoms with Gasteiger partial charge in [0, 0.05) is 32.6 Å². The van der Waals surface area contributed by atoms with Crippen molar-refractivity contribution in [2.45, 2.75) is 69.0 Å². The summed E-state index contributed by atoms with van der Waals surface area (Å²) in [6.07, 6.45) is 4.42. The van der Waals surface area contributed by atoms with Gasteiger partial charge in [0.05, 0.1) is 4.90 Å². The van der Waals surface area contributed by atoms with Gasteiger partial charge in [-0.3, -0.25) is 9.59 Å². The summed E-state index contributed by atoms with van der Waals surface area (Å²) in [6.45, 7) is 2.02. The van der Waals surface area contributed by atoms with Crippen molar-refractivity contribution in [3.63, 3.8) is 0 Å². The Morgan fingerprint density at radius 3 is 2.31 bits per heavy atom. The molecule has 1 aliphatic rings. The molecule has 2 aromatic rings. The lowest BCUT2D eigenvalue weighted by atomic mass is 10.1. The van der Waals surface area contributed by atoms with E-state index in [1.165, 1.54) is 40.5 Å². The fourth-order valence-electron chi connectivity index (χ4n) is 4.25. The zero-order chi connectivity index (χ0) is 25.4. The molecule has 0 aliphatic heterocycles. The Morgan fingerprint density at radius 1 is 1.06 bits per heavy atom. The summed E-state index contributed by atoms with van der Waals surface area (Å²) < 4.78 is 40.0. The molecular weight excluding hydrogens is 469 g/mol. The van der Waals surface area contributed by atoms with Crippen LogP contribution < -0.4 is 5.32 Å². The third kappa shape index (κ3) is 7.35. The van der Waals surface area contributed by atoms with Crippen LogP contribution in [0.4, 0.5) is 4.39 Å². The maximum atomic E-state index is 13.4. The third-order valence-electron chi connectivity index (χ3n) is 6.45. The zero-order valence-corrected chi connectivity index (χ0v) is 21.1. The Kier molecular flexibility index (Phi) is 9.40. The molecule has 3 rings (SSSR count). The number of nitrogens with one attached hydrogen (secondary N) is 1. The van der Waals surface area contributed by atoms with Crippen LogP contribution in [0.1, 0.15) is 51.0 Å². The predicted octanol–water partition coefficient (Wildman–Crippen LogP) is 3.70. The summed E-state index contributed by atoms with van der Waals surface area (Å²) in [5.74, 6) is -0.841. The summed E-state index contributed by atoms with van der Waals surface area (Å²) in [4.78, 5) is 27.8. The van der Waals surface area contributed by atoms with E-state index >= 15 is 0 Å². The van der Waals surface area contributed by atoms with Crippen molar-refractivity contribution in [3.05, 3.63) is 66.0 Å². The highest BCUT2D eigenvalue weighted by Crippen LogP contribution is 2.19. The predicted molar refractivity (Wildman–Crippen MR) is 132 cm³/mol. The van der Waals surface area contributed by atoms with Crippen molar-refractivity contribution in [1.82, 2.24) is 14.5 Å². The lowest BCUT2D eigenvalue weighted by Gasteiger charge is -2.30. The van der Waals surface area contributed by atoms with Crippen LogP contribution in [0.25, 0.3) is 0 Å². The Hall–Kier alpha value is -2.78. The molecule has 0 saturated heterocycles. The Balaban J connectivity index is 1.64. The average Bonchev–Trinajstić information content (AvgIpc) is 3.36. The van der Waals surface area contributed by atoms with Crippen LogP contribution in [-0.4, -0.2) is 55.1 Å². The largest absolute Gasteiger partial charge is 0.352 e. The fraction of sp³-hybridized carbons (Fsp3) is 0.462. The summed E-state index contributed by atoms with van der Waals surface area (Å²) in [6, 6.07) is 13.4. The average molecular weight is 504 g/mol. The van der Waals surface area contributed by atoms with E-state index in [4.69, 9.17) is 0 Å². The molecule has 190 valence electrons. The second kappa shape index (κ2) is 12.3. The molecule has 0 aromatic heterocycles. The van der Waals surface area contributed by atoms with E-state index in [0.29, 0.717) is 12.0 Å². The van der Waals surface area contributed by atoms with Crippen molar-refractivity contribution >= 4 is 21.8 Å². The molecular formula is C26H34FN3O4S. The van der Waals surface area contributed by atoms with Gasteiger partial charge in [-0.05, 0) is 56.0 Å². The van der Waals surface area contributed by atoms with Crippen LogP contribution in [0, 0.1) is 5.82 Å². The number of rotatable bonds is 11. The number of sulfonamides is 1. The van der Waals surface area contributed by atoms with E-state index in [2.05, 4.69) is 5.32 Å². The molecule has 0 heterocycles. The van der Waals surface area contributed by atoms with Crippen LogP contribution in [0.15, 0.2) is 59.5 Å². The number of hydrogen-bond acceptors (Lipinski definition) is 4. The highest BCUT2D eigenvalue weighted by molar-refractivity contribution is 7.89. The first-order valence-electron chi connectivity index (χ1n) is 12.0. The van der Waals surface area contributed by atoms with Crippen LogP contribution >= 0.6 is 0 Å². The van der Waals surface area contributed by atoms with Gasteiger partial charge < -0.3 is 10.2 Å². The Morgan fingerprint density at radius 2 is 1.69 bits per heavy atom. The monoisotopic (exact) mass is 503 g/mol. The van der Waals surface area contributed by atoms with Gasteiger partial charge in [0.25, 0.3) is 0 Å². The first kappa shape index (κ1) is 26.8. The Bertz CT molecular complexity index is 1090. The van der Waals surface area contributed by atoms with E-state index in [-0.39, 0.29) is 48.1 Å². The van der Waals surface area contributed by atoms with Gasteiger partial charge in [-0.1, -0.05) is 43.2 Å². The number of carbonyl (C=O) groups excluding carboxylic acids is 2. The number of benzene rings is 2. The van der Waals surface area contributed by atoms with Gasteiger partial charge in [-0.25, -0.2) is 17.1 Å². The van der Waals surface area contributed by atoms with Crippen LogP contribution in [-0.2, 0) is 26.2 Å². The van der Waals surface area contributed by atoms with Crippen LogP contribution in [0.3, 0.4) is 0 Å². The van der Waals surface area contributed by atoms with Gasteiger partial charge in [0.1, 0.15) is 11.9 Å². The van der Waals surface area contributed by atoms with Gasteiger partial charge >= 0.3 is 0 Å². The standard InChI is InChI=1S/C26H34FN3O4S/c1-20(26(32)28-23-9-6-7-10-23)30(19-21-14-16-22(27)17-15-21)25(31)13-8-18-29(2)35(33,34)24-11-4-3-5-12-24/h3-5,11-12,14-17,20,23H,6-10,13,18-19H2,1-2H3,(H,28,32). The molecule has 7 nitrogen and oxygen atoms in total. The van der Waals surface area contributed by atoms with E-state index in [9.17, 15) is 22.4 Å². The van der Waals surface area contributed by atoms with Crippen LogP contribution in [0.5, 0.6) is 0 Å². The molecule has 1 atom stereocenters. The summed E-state index contributed by atoms with van der Waals surface area (Å²) >= 11 is 0. The molecule has 9 heteroatoms. The van der Waals surface area contributed by atoms with E-state index in [0.717, 1.165) is 25.7 Å². The minimum absolute atomic E-state index is 0.0803. The molecule has 0 spiro atoms. The van der Waals surface area contributed by atoms with Gasteiger partial charge in [-0.15, -0.1) is 0 Å². The molecule has 35 heavy (non-hydrogen) atoms. The quantitative estimate of drug-likeness (QED) is 0.507. The third-order valence-corrected chi connectivity index (χ3v) is 8.32.